The fourth-order valence-corrected chi connectivity index (χ4v) is 1.58. The first-order chi connectivity index (χ1) is 10.0. The average molecular weight is 292 g/mol. The Hall–Kier alpha value is -2.57. The van der Waals surface area contributed by atoms with E-state index in [9.17, 15) is 14.4 Å². The van der Waals surface area contributed by atoms with Gasteiger partial charge in [-0.1, -0.05) is 6.07 Å². The van der Waals surface area contributed by atoms with Gasteiger partial charge in [0.1, 0.15) is 0 Å². The fourth-order valence-electron chi connectivity index (χ4n) is 1.58. The quantitative estimate of drug-likeness (QED) is 0.373. The van der Waals surface area contributed by atoms with Crippen molar-refractivity contribution in [1.29, 1.82) is 0 Å². The van der Waals surface area contributed by atoms with E-state index in [1.165, 1.54) is 0 Å². The molecule has 0 heterocycles. The number of hydrogen-bond acceptors (Lipinski definition) is 4. The third-order valence-corrected chi connectivity index (χ3v) is 2.69. The van der Waals surface area contributed by atoms with Gasteiger partial charge in [-0.2, -0.15) is 0 Å². The highest BCUT2D eigenvalue weighted by molar-refractivity contribution is 6.39. The van der Waals surface area contributed by atoms with Crippen LogP contribution in [0.2, 0.25) is 0 Å². The Kier molecular flexibility index (Phi) is 6.73. The van der Waals surface area contributed by atoms with Crippen LogP contribution in [0.5, 0.6) is 0 Å². The smallest absolute Gasteiger partial charge is 0.313 e. The second-order valence-electron chi connectivity index (χ2n) is 4.58. The normalized spacial score (nSPS) is 9.62. The van der Waals surface area contributed by atoms with Crippen molar-refractivity contribution in [3.8, 4) is 0 Å². The lowest BCUT2D eigenvalue weighted by atomic mass is 10.2. The summed E-state index contributed by atoms with van der Waals surface area (Å²) in [5, 5.41) is 7.49. The van der Waals surface area contributed by atoms with E-state index in [0.29, 0.717) is 31.6 Å². The van der Waals surface area contributed by atoms with E-state index in [4.69, 9.17) is 0 Å². The van der Waals surface area contributed by atoms with E-state index >= 15 is 0 Å². The Morgan fingerprint density at radius 3 is 2.62 bits per heavy atom. The van der Waals surface area contributed by atoms with Gasteiger partial charge in [-0.25, -0.2) is 0 Å². The maximum atomic E-state index is 11.7. The number of rotatable bonds is 7. The third kappa shape index (κ3) is 5.94. The Morgan fingerprint density at radius 1 is 1.19 bits per heavy atom. The number of carbonyl (C=O) groups is 3. The van der Waals surface area contributed by atoms with E-state index in [1.54, 1.807) is 18.2 Å². The van der Waals surface area contributed by atoms with Crippen molar-refractivity contribution in [1.82, 2.24) is 10.6 Å². The van der Waals surface area contributed by atoms with Gasteiger partial charge in [-0.15, -0.1) is 0 Å². The van der Waals surface area contributed by atoms with Crippen LogP contribution in [0.1, 0.15) is 6.42 Å². The number of anilines is 2. The second-order valence-corrected chi connectivity index (χ2v) is 4.58. The summed E-state index contributed by atoms with van der Waals surface area (Å²) >= 11 is 0. The minimum absolute atomic E-state index is 0.324. The number of nitrogens with zero attached hydrogens (tertiary/aromatic N) is 1. The van der Waals surface area contributed by atoms with Crippen LogP contribution in [0.4, 0.5) is 11.4 Å². The Morgan fingerprint density at radius 2 is 1.95 bits per heavy atom. The van der Waals surface area contributed by atoms with Gasteiger partial charge in [-0.05, 0) is 24.6 Å². The molecule has 7 nitrogen and oxygen atoms in total. The summed E-state index contributed by atoms with van der Waals surface area (Å²) in [6, 6.07) is 7.19. The third-order valence-electron chi connectivity index (χ3n) is 2.69. The molecule has 0 saturated heterocycles. The van der Waals surface area contributed by atoms with Crippen molar-refractivity contribution < 1.29 is 14.4 Å². The van der Waals surface area contributed by atoms with Crippen LogP contribution in [0.15, 0.2) is 24.3 Å². The molecule has 0 aliphatic rings. The van der Waals surface area contributed by atoms with Gasteiger partial charge in [0.05, 0.1) is 0 Å². The highest BCUT2D eigenvalue weighted by Crippen LogP contribution is 2.16. The van der Waals surface area contributed by atoms with Crippen LogP contribution in [-0.4, -0.2) is 45.4 Å². The number of hydrogen-bond donors (Lipinski definition) is 3. The molecule has 1 rings (SSSR count). The molecule has 114 valence electrons. The largest absolute Gasteiger partial charge is 0.378 e. The molecule has 3 N–H and O–H groups in total. The van der Waals surface area contributed by atoms with Gasteiger partial charge in [-0.3, -0.25) is 14.4 Å². The standard InChI is InChI=1S/C14H20N4O3/c1-18(2)12-6-3-5-11(9-12)17-14(21)13(20)16-8-4-7-15-10-19/h3,5-6,9-10H,4,7-8H2,1-2H3,(H,15,19)(H,16,20)(H,17,21). The zero-order chi connectivity index (χ0) is 15.7. The van der Waals surface area contributed by atoms with Crippen LogP contribution in [0.25, 0.3) is 0 Å². The molecule has 0 spiro atoms. The number of carbonyl (C=O) groups excluding carboxylic acids is 3. The van der Waals surface area contributed by atoms with Gasteiger partial charge >= 0.3 is 11.8 Å². The van der Waals surface area contributed by atoms with Crippen LogP contribution < -0.4 is 20.9 Å². The fraction of sp³-hybridized carbons (Fsp3) is 0.357. The Bertz CT molecular complexity index is 503. The highest BCUT2D eigenvalue weighted by Gasteiger charge is 2.13. The number of amides is 3. The first-order valence-corrected chi connectivity index (χ1v) is 6.58. The second kappa shape index (κ2) is 8.57. The maximum Gasteiger partial charge on any atom is 0.313 e. The zero-order valence-electron chi connectivity index (χ0n) is 12.2. The predicted molar refractivity (Wildman–Crippen MR) is 81.1 cm³/mol. The molecule has 1 aromatic rings. The molecule has 3 amide bonds. The van der Waals surface area contributed by atoms with Crippen LogP contribution in [0.3, 0.4) is 0 Å². The minimum atomic E-state index is -0.714. The monoisotopic (exact) mass is 292 g/mol. The maximum absolute atomic E-state index is 11.7. The lowest BCUT2D eigenvalue weighted by Gasteiger charge is -2.14. The molecule has 1 aromatic carbocycles. The lowest BCUT2D eigenvalue weighted by Crippen LogP contribution is -2.36. The summed E-state index contributed by atoms with van der Waals surface area (Å²) < 4.78 is 0. The van der Waals surface area contributed by atoms with Crippen LogP contribution in [-0.2, 0) is 14.4 Å². The Labute approximate surface area is 123 Å². The summed E-state index contributed by atoms with van der Waals surface area (Å²) in [5.74, 6) is -1.41. The van der Waals surface area contributed by atoms with Gasteiger partial charge in [0.25, 0.3) is 0 Å². The summed E-state index contributed by atoms with van der Waals surface area (Å²) in [5.41, 5.74) is 1.48. The molecule has 0 radical (unpaired) electrons. The van der Waals surface area contributed by atoms with Crippen molar-refractivity contribution >= 4 is 29.6 Å². The highest BCUT2D eigenvalue weighted by atomic mass is 16.2. The van der Waals surface area contributed by atoms with Gasteiger partial charge in [0.15, 0.2) is 0 Å². The SMILES string of the molecule is CN(C)c1cccc(NC(=O)C(=O)NCCCNC=O)c1. The first kappa shape index (κ1) is 16.5. The lowest BCUT2D eigenvalue weighted by molar-refractivity contribution is -0.136. The van der Waals surface area contributed by atoms with Crippen molar-refractivity contribution in [2.24, 2.45) is 0 Å². The number of nitrogens with one attached hydrogen (secondary N) is 3. The van der Waals surface area contributed by atoms with Crippen molar-refractivity contribution in [2.75, 3.05) is 37.4 Å². The van der Waals surface area contributed by atoms with Crippen molar-refractivity contribution in [3.63, 3.8) is 0 Å². The summed E-state index contributed by atoms with van der Waals surface area (Å²) in [4.78, 5) is 35.2. The van der Waals surface area contributed by atoms with Gasteiger partial charge in [0, 0.05) is 38.6 Å². The molecule has 0 atom stereocenters. The van der Waals surface area contributed by atoms with E-state index in [1.807, 2.05) is 25.1 Å². The summed E-state index contributed by atoms with van der Waals surface area (Å²) in [7, 11) is 3.78. The van der Waals surface area contributed by atoms with Crippen LogP contribution >= 0.6 is 0 Å². The summed E-state index contributed by atoms with van der Waals surface area (Å²) in [6.07, 6.45) is 1.15. The molecule has 21 heavy (non-hydrogen) atoms. The van der Waals surface area contributed by atoms with E-state index in [2.05, 4.69) is 16.0 Å². The molecule has 7 heteroatoms. The van der Waals surface area contributed by atoms with Gasteiger partial charge in [0.2, 0.25) is 6.41 Å². The topological polar surface area (TPSA) is 90.5 Å². The first-order valence-electron chi connectivity index (χ1n) is 6.58. The molecule has 0 unspecified atom stereocenters. The molecule has 0 aliphatic heterocycles. The molecule has 0 aromatic heterocycles. The van der Waals surface area contributed by atoms with Crippen LogP contribution in [0, 0.1) is 0 Å². The molecule has 0 fully saturated rings. The van der Waals surface area contributed by atoms with E-state index < -0.39 is 11.8 Å². The average Bonchev–Trinajstić information content (AvgIpc) is 2.47. The van der Waals surface area contributed by atoms with Crippen molar-refractivity contribution in [2.45, 2.75) is 6.42 Å². The molecular formula is C14H20N4O3. The van der Waals surface area contributed by atoms with E-state index in [-0.39, 0.29) is 0 Å². The molecule has 0 aliphatic carbocycles. The van der Waals surface area contributed by atoms with Crippen molar-refractivity contribution in [3.05, 3.63) is 24.3 Å². The molecular weight excluding hydrogens is 272 g/mol. The van der Waals surface area contributed by atoms with E-state index in [0.717, 1.165) is 5.69 Å². The molecule has 0 saturated carbocycles. The zero-order valence-corrected chi connectivity index (χ0v) is 12.2. The predicted octanol–water partition coefficient (Wildman–Crippen LogP) is -0.0566. The minimum Gasteiger partial charge on any atom is -0.378 e. The summed E-state index contributed by atoms with van der Waals surface area (Å²) in [6.45, 7) is 0.779. The number of benzene rings is 1. The molecule has 0 bridgehead atoms. The Balaban J connectivity index is 2.43. The van der Waals surface area contributed by atoms with Gasteiger partial charge < -0.3 is 20.9 Å².